The van der Waals surface area contributed by atoms with Crippen LogP contribution in [0.15, 0.2) is 78.9 Å². The first-order chi connectivity index (χ1) is 16.4. The maximum atomic E-state index is 3.75. The van der Waals surface area contributed by atoms with Crippen molar-refractivity contribution in [1.29, 1.82) is 0 Å². The lowest BCUT2D eigenvalue weighted by atomic mass is 9.73. The zero-order valence-electron chi connectivity index (χ0n) is 20.7. The Morgan fingerprint density at radius 1 is 0.794 bits per heavy atom. The predicted molar refractivity (Wildman–Crippen MR) is 146 cm³/mol. The van der Waals surface area contributed by atoms with Gasteiger partial charge in [0.05, 0.1) is 11.4 Å². The molecule has 2 heterocycles. The van der Waals surface area contributed by atoms with Crippen LogP contribution in [0.4, 0.5) is 17.1 Å². The summed E-state index contributed by atoms with van der Waals surface area (Å²) in [4.78, 5) is 6.18. The van der Waals surface area contributed by atoms with Crippen LogP contribution in [-0.4, -0.2) is 4.98 Å². The number of aromatic nitrogens is 1. The van der Waals surface area contributed by atoms with Crippen molar-refractivity contribution in [3.63, 3.8) is 0 Å². The quantitative estimate of drug-likeness (QED) is 0.294. The molecule has 1 unspecified atom stereocenters. The largest absolute Gasteiger partial charge is 0.354 e. The van der Waals surface area contributed by atoms with E-state index in [1.54, 1.807) is 0 Å². The average Bonchev–Trinajstić information content (AvgIpc) is 3.19. The first kappa shape index (κ1) is 21.0. The molecule has 2 heteroatoms. The minimum atomic E-state index is -0.0980. The van der Waals surface area contributed by atoms with E-state index >= 15 is 0 Å². The molecule has 1 aliphatic heterocycles. The van der Waals surface area contributed by atoms with Gasteiger partial charge in [0.25, 0.3) is 0 Å². The molecule has 0 amide bonds. The van der Waals surface area contributed by atoms with Crippen molar-refractivity contribution in [2.45, 2.75) is 52.4 Å². The Morgan fingerprint density at radius 2 is 1.47 bits per heavy atom. The molecule has 5 aromatic rings. The van der Waals surface area contributed by atoms with E-state index in [9.17, 15) is 0 Å². The molecule has 0 bridgehead atoms. The van der Waals surface area contributed by atoms with Gasteiger partial charge < -0.3 is 9.88 Å². The fraction of sp³-hybridized carbons (Fsp3) is 0.250. The Balaban J connectivity index is 1.68. The third-order valence-electron chi connectivity index (χ3n) is 7.99. The number of aromatic amines is 1. The zero-order chi connectivity index (χ0) is 23.6. The minimum Gasteiger partial charge on any atom is -0.354 e. The molecule has 2 nitrogen and oxygen atoms in total. The summed E-state index contributed by atoms with van der Waals surface area (Å²) in [6, 6.07) is 29.2. The average molecular weight is 445 g/mol. The Bertz CT molecular complexity index is 1540. The molecule has 34 heavy (non-hydrogen) atoms. The third-order valence-corrected chi connectivity index (χ3v) is 7.99. The fourth-order valence-corrected chi connectivity index (χ4v) is 5.87. The van der Waals surface area contributed by atoms with Gasteiger partial charge in [-0.25, -0.2) is 0 Å². The summed E-state index contributed by atoms with van der Waals surface area (Å²) >= 11 is 0. The summed E-state index contributed by atoms with van der Waals surface area (Å²) in [5.74, 6) is 0.559. The lowest BCUT2D eigenvalue weighted by Gasteiger charge is -2.42. The Hall–Kier alpha value is -3.52. The highest BCUT2D eigenvalue weighted by Crippen LogP contribution is 2.53. The summed E-state index contributed by atoms with van der Waals surface area (Å²) in [5, 5.41) is 2.65. The highest BCUT2D eigenvalue weighted by molar-refractivity contribution is 6.10. The standard InChI is InChI=1S/C32H32N2/c1-6-20(2)23-17-24-25-18-27-31(19-29(25)33-28(24)16-21(23)3)34(22-12-8-7-9-13-22)30-15-11-10-14-26(30)32(27,4)5/h7-20,33H,6H2,1-5H3. The molecule has 6 rings (SSSR count). The SMILES string of the molecule is CCC(C)c1cc2c(cc1C)[nH]c1cc3c(cc12)C(C)(C)c1ccccc1N3c1ccccc1. The van der Waals surface area contributed by atoms with Gasteiger partial charge in [0.1, 0.15) is 0 Å². The van der Waals surface area contributed by atoms with Crippen LogP contribution in [-0.2, 0) is 5.41 Å². The van der Waals surface area contributed by atoms with Crippen molar-refractivity contribution < 1.29 is 0 Å². The Kier molecular flexibility index (Phi) is 4.64. The van der Waals surface area contributed by atoms with Gasteiger partial charge in [0.15, 0.2) is 0 Å². The fourth-order valence-electron chi connectivity index (χ4n) is 5.87. The van der Waals surface area contributed by atoms with Crippen LogP contribution in [0.2, 0.25) is 0 Å². The molecule has 0 saturated carbocycles. The first-order valence-electron chi connectivity index (χ1n) is 12.4. The number of rotatable bonds is 3. The van der Waals surface area contributed by atoms with E-state index in [4.69, 9.17) is 0 Å². The second kappa shape index (κ2) is 7.50. The number of H-pyrrole nitrogens is 1. The van der Waals surface area contributed by atoms with Crippen LogP contribution < -0.4 is 4.90 Å². The van der Waals surface area contributed by atoms with Crippen LogP contribution in [0.25, 0.3) is 21.8 Å². The molecule has 0 fully saturated rings. The maximum Gasteiger partial charge on any atom is 0.0523 e. The van der Waals surface area contributed by atoms with Gasteiger partial charge >= 0.3 is 0 Å². The number of hydrogen-bond acceptors (Lipinski definition) is 1. The summed E-state index contributed by atoms with van der Waals surface area (Å²) in [6.07, 6.45) is 1.15. The summed E-state index contributed by atoms with van der Waals surface area (Å²) in [6.45, 7) is 11.6. The van der Waals surface area contributed by atoms with Gasteiger partial charge in [-0.2, -0.15) is 0 Å². The van der Waals surface area contributed by atoms with Gasteiger partial charge in [0.2, 0.25) is 0 Å². The number of benzene rings is 4. The smallest absolute Gasteiger partial charge is 0.0523 e. The van der Waals surface area contributed by atoms with E-state index in [-0.39, 0.29) is 5.41 Å². The lowest BCUT2D eigenvalue weighted by molar-refractivity contribution is 0.633. The lowest BCUT2D eigenvalue weighted by Crippen LogP contribution is -2.30. The van der Waals surface area contributed by atoms with E-state index in [2.05, 4.69) is 123 Å². The van der Waals surface area contributed by atoms with Crippen LogP contribution in [0.1, 0.15) is 62.3 Å². The van der Waals surface area contributed by atoms with E-state index in [0.29, 0.717) is 5.92 Å². The Morgan fingerprint density at radius 3 is 2.24 bits per heavy atom. The number of hydrogen-bond donors (Lipinski definition) is 1. The molecule has 1 atom stereocenters. The van der Waals surface area contributed by atoms with Gasteiger partial charge in [-0.1, -0.05) is 64.1 Å². The van der Waals surface area contributed by atoms with Crippen molar-refractivity contribution in [2.75, 3.05) is 4.90 Å². The summed E-state index contributed by atoms with van der Waals surface area (Å²) < 4.78 is 0. The molecule has 0 spiro atoms. The second-order valence-electron chi connectivity index (χ2n) is 10.4. The van der Waals surface area contributed by atoms with E-state index < -0.39 is 0 Å². The molecular formula is C32H32N2. The van der Waals surface area contributed by atoms with Crippen LogP contribution in [0, 0.1) is 6.92 Å². The highest BCUT2D eigenvalue weighted by Gasteiger charge is 2.37. The van der Waals surface area contributed by atoms with Crippen molar-refractivity contribution in [3.8, 4) is 0 Å². The molecule has 0 saturated heterocycles. The van der Waals surface area contributed by atoms with Gasteiger partial charge in [-0.05, 0) is 84.0 Å². The van der Waals surface area contributed by atoms with Crippen molar-refractivity contribution in [3.05, 3.63) is 101 Å². The highest BCUT2D eigenvalue weighted by atomic mass is 15.2. The van der Waals surface area contributed by atoms with Crippen molar-refractivity contribution >= 4 is 38.9 Å². The van der Waals surface area contributed by atoms with Crippen molar-refractivity contribution in [1.82, 2.24) is 4.98 Å². The number of para-hydroxylation sites is 2. The van der Waals surface area contributed by atoms with Gasteiger partial charge in [-0.3, -0.25) is 0 Å². The third kappa shape index (κ3) is 2.94. The number of anilines is 3. The maximum absolute atomic E-state index is 3.75. The number of aryl methyl sites for hydroxylation is 1. The van der Waals surface area contributed by atoms with Crippen LogP contribution in [0.3, 0.4) is 0 Å². The molecular weight excluding hydrogens is 412 g/mol. The van der Waals surface area contributed by atoms with E-state index in [1.165, 1.54) is 61.1 Å². The van der Waals surface area contributed by atoms with E-state index in [1.807, 2.05) is 0 Å². The monoisotopic (exact) mass is 444 g/mol. The van der Waals surface area contributed by atoms with Crippen LogP contribution in [0.5, 0.6) is 0 Å². The summed E-state index contributed by atoms with van der Waals surface area (Å²) in [7, 11) is 0. The summed E-state index contributed by atoms with van der Waals surface area (Å²) in [5.41, 5.74) is 11.6. The molecule has 0 aliphatic carbocycles. The van der Waals surface area contributed by atoms with Crippen molar-refractivity contribution in [2.24, 2.45) is 0 Å². The molecule has 1 aromatic heterocycles. The normalized spacial score (nSPS) is 15.4. The van der Waals surface area contributed by atoms with Gasteiger partial charge in [-0.15, -0.1) is 0 Å². The van der Waals surface area contributed by atoms with Crippen LogP contribution >= 0.6 is 0 Å². The number of nitrogens with one attached hydrogen (secondary N) is 1. The first-order valence-corrected chi connectivity index (χ1v) is 12.4. The molecule has 1 N–H and O–H groups in total. The zero-order valence-corrected chi connectivity index (χ0v) is 20.7. The number of nitrogens with zero attached hydrogens (tertiary/aromatic N) is 1. The molecule has 4 aromatic carbocycles. The van der Waals surface area contributed by atoms with E-state index in [0.717, 1.165) is 6.42 Å². The molecule has 170 valence electrons. The predicted octanol–water partition coefficient (Wildman–Crippen LogP) is 9.25. The second-order valence-corrected chi connectivity index (χ2v) is 10.4. The van der Waals surface area contributed by atoms with Gasteiger partial charge in [0, 0.05) is 32.9 Å². The molecule has 1 aliphatic rings. The number of fused-ring (bicyclic) bond motifs is 5. The molecule has 0 radical (unpaired) electrons. The Labute approximate surface area is 202 Å². The topological polar surface area (TPSA) is 19.0 Å². The minimum absolute atomic E-state index is 0.0980.